The number of carbonyl (C=O) groups excluding carboxylic acids is 1. The molecule has 0 aromatic heterocycles. The number of hydrogen-bond acceptors (Lipinski definition) is 2. The molecule has 2 aromatic rings. The summed E-state index contributed by atoms with van der Waals surface area (Å²) in [6.07, 6.45) is 0. The molecule has 0 radical (unpaired) electrons. The number of aryl methyl sites for hydroxylation is 1. The molecule has 6 heteroatoms. The van der Waals surface area contributed by atoms with Crippen LogP contribution in [0.2, 0.25) is 5.02 Å². The molecule has 0 saturated heterocycles. The molecular formula is C15H12ClFN2OS. The maximum absolute atomic E-state index is 13.4. The van der Waals surface area contributed by atoms with Crippen LogP contribution in [0, 0.1) is 12.7 Å². The van der Waals surface area contributed by atoms with Crippen LogP contribution in [0.25, 0.3) is 0 Å². The number of halogens is 2. The Kier molecular flexibility index (Phi) is 4.55. The number of thiocarbonyl (C=S) groups is 1. The number of anilines is 1. The summed E-state index contributed by atoms with van der Waals surface area (Å²) < 4.78 is 13.4. The minimum Gasteiger partial charge on any atom is -0.389 e. The van der Waals surface area contributed by atoms with E-state index in [1.807, 2.05) is 6.92 Å². The van der Waals surface area contributed by atoms with Gasteiger partial charge in [-0.3, -0.25) is 4.79 Å². The molecular weight excluding hydrogens is 311 g/mol. The smallest absolute Gasteiger partial charge is 0.257 e. The molecule has 0 unspecified atom stereocenters. The van der Waals surface area contributed by atoms with Crippen molar-refractivity contribution in [2.45, 2.75) is 6.92 Å². The van der Waals surface area contributed by atoms with Crippen molar-refractivity contribution in [2.24, 2.45) is 5.73 Å². The predicted octanol–water partition coefficient (Wildman–Crippen LogP) is 3.67. The zero-order valence-electron chi connectivity index (χ0n) is 11.1. The van der Waals surface area contributed by atoms with Crippen molar-refractivity contribution in [1.82, 2.24) is 0 Å². The Morgan fingerprint density at radius 1 is 1.33 bits per heavy atom. The summed E-state index contributed by atoms with van der Waals surface area (Å²) in [7, 11) is 0. The molecule has 0 spiro atoms. The van der Waals surface area contributed by atoms with Crippen molar-refractivity contribution in [3.05, 3.63) is 63.9 Å². The van der Waals surface area contributed by atoms with Gasteiger partial charge in [0.1, 0.15) is 10.8 Å². The lowest BCUT2D eigenvalue weighted by Crippen LogP contribution is -2.15. The largest absolute Gasteiger partial charge is 0.389 e. The molecule has 3 nitrogen and oxygen atoms in total. The SMILES string of the molecule is Cc1ccc(C(N)=S)cc1NC(=O)c1cccc(F)c1Cl. The summed E-state index contributed by atoms with van der Waals surface area (Å²) in [5.41, 5.74) is 7.64. The molecule has 21 heavy (non-hydrogen) atoms. The van der Waals surface area contributed by atoms with E-state index >= 15 is 0 Å². The lowest BCUT2D eigenvalue weighted by molar-refractivity contribution is 0.102. The van der Waals surface area contributed by atoms with Gasteiger partial charge in [-0.2, -0.15) is 0 Å². The van der Waals surface area contributed by atoms with Gasteiger partial charge in [0.05, 0.1) is 10.6 Å². The maximum Gasteiger partial charge on any atom is 0.257 e. The molecule has 108 valence electrons. The molecule has 0 aliphatic rings. The Morgan fingerprint density at radius 2 is 2.05 bits per heavy atom. The average molecular weight is 323 g/mol. The third-order valence-electron chi connectivity index (χ3n) is 2.97. The highest BCUT2D eigenvalue weighted by Crippen LogP contribution is 2.22. The summed E-state index contributed by atoms with van der Waals surface area (Å²) in [6.45, 7) is 1.83. The van der Waals surface area contributed by atoms with Crippen molar-refractivity contribution in [3.8, 4) is 0 Å². The van der Waals surface area contributed by atoms with E-state index in [4.69, 9.17) is 29.6 Å². The van der Waals surface area contributed by atoms with Gasteiger partial charge in [0.15, 0.2) is 0 Å². The van der Waals surface area contributed by atoms with Crippen LogP contribution in [0.4, 0.5) is 10.1 Å². The van der Waals surface area contributed by atoms with E-state index in [-0.39, 0.29) is 15.6 Å². The van der Waals surface area contributed by atoms with Crippen molar-refractivity contribution < 1.29 is 9.18 Å². The second-order valence-corrected chi connectivity index (χ2v) is 5.27. The predicted molar refractivity (Wildman–Crippen MR) is 86.4 cm³/mol. The molecule has 0 fully saturated rings. The standard InChI is InChI=1S/C15H12ClFN2OS/c1-8-5-6-9(14(18)21)7-12(8)19-15(20)10-3-2-4-11(17)13(10)16/h2-7H,1H3,(H2,18,21)(H,19,20). The Balaban J connectivity index is 2.33. The van der Waals surface area contributed by atoms with Gasteiger partial charge in [-0.15, -0.1) is 0 Å². The van der Waals surface area contributed by atoms with E-state index in [0.29, 0.717) is 11.3 Å². The first kappa shape index (κ1) is 15.4. The fourth-order valence-corrected chi connectivity index (χ4v) is 2.12. The maximum atomic E-state index is 13.4. The van der Waals surface area contributed by atoms with Crippen LogP contribution < -0.4 is 11.1 Å². The third kappa shape index (κ3) is 3.37. The molecule has 2 aromatic carbocycles. The number of benzene rings is 2. The van der Waals surface area contributed by atoms with Gasteiger partial charge < -0.3 is 11.1 Å². The van der Waals surface area contributed by atoms with Gasteiger partial charge in [-0.25, -0.2) is 4.39 Å². The van der Waals surface area contributed by atoms with Gasteiger partial charge in [0.25, 0.3) is 5.91 Å². The Morgan fingerprint density at radius 3 is 2.71 bits per heavy atom. The molecule has 1 amide bonds. The summed E-state index contributed by atoms with van der Waals surface area (Å²) in [4.78, 5) is 12.4. The number of amides is 1. The minimum absolute atomic E-state index is 0.0665. The van der Waals surface area contributed by atoms with Gasteiger partial charge in [-0.1, -0.05) is 42.0 Å². The number of rotatable bonds is 3. The zero-order valence-corrected chi connectivity index (χ0v) is 12.7. The van der Waals surface area contributed by atoms with Crippen molar-refractivity contribution in [2.75, 3.05) is 5.32 Å². The van der Waals surface area contributed by atoms with Crippen molar-refractivity contribution in [3.63, 3.8) is 0 Å². The lowest BCUT2D eigenvalue weighted by atomic mass is 10.1. The second kappa shape index (κ2) is 6.20. The number of nitrogens with one attached hydrogen (secondary N) is 1. The third-order valence-corrected chi connectivity index (χ3v) is 3.59. The van der Waals surface area contributed by atoms with Gasteiger partial charge in [0, 0.05) is 11.3 Å². The molecule has 0 aliphatic carbocycles. The molecule has 0 aliphatic heterocycles. The first-order valence-corrected chi connectivity index (χ1v) is 6.84. The highest BCUT2D eigenvalue weighted by molar-refractivity contribution is 7.80. The number of hydrogen-bond donors (Lipinski definition) is 2. The van der Waals surface area contributed by atoms with E-state index in [2.05, 4.69) is 5.32 Å². The summed E-state index contributed by atoms with van der Waals surface area (Å²) in [5, 5.41) is 2.47. The van der Waals surface area contributed by atoms with E-state index in [1.165, 1.54) is 18.2 Å². The monoisotopic (exact) mass is 322 g/mol. The quantitative estimate of drug-likeness (QED) is 0.848. The normalized spacial score (nSPS) is 10.2. The number of carbonyl (C=O) groups is 1. The fraction of sp³-hybridized carbons (Fsp3) is 0.0667. The highest BCUT2D eigenvalue weighted by Gasteiger charge is 2.14. The van der Waals surface area contributed by atoms with E-state index in [0.717, 1.165) is 5.56 Å². The van der Waals surface area contributed by atoms with Gasteiger partial charge >= 0.3 is 0 Å². The van der Waals surface area contributed by atoms with E-state index < -0.39 is 11.7 Å². The van der Waals surface area contributed by atoms with Gasteiger partial charge in [0.2, 0.25) is 0 Å². The molecule has 0 bridgehead atoms. The second-order valence-electron chi connectivity index (χ2n) is 4.45. The topological polar surface area (TPSA) is 55.1 Å². The number of nitrogens with two attached hydrogens (primary N) is 1. The first-order valence-electron chi connectivity index (χ1n) is 6.06. The molecule has 0 atom stereocenters. The average Bonchev–Trinajstić information content (AvgIpc) is 2.43. The van der Waals surface area contributed by atoms with Crippen LogP contribution in [-0.2, 0) is 0 Å². The van der Waals surface area contributed by atoms with Crippen LogP contribution in [0.3, 0.4) is 0 Å². The Bertz CT molecular complexity index is 734. The fourth-order valence-electron chi connectivity index (χ4n) is 1.78. The zero-order chi connectivity index (χ0) is 15.6. The van der Waals surface area contributed by atoms with E-state index in [9.17, 15) is 9.18 Å². The van der Waals surface area contributed by atoms with Crippen LogP contribution in [0.1, 0.15) is 21.5 Å². The van der Waals surface area contributed by atoms with Crippen LogP contribution in [-0.4, -0.2) is 10.9 Å². The Hall–Kier alpha value is -1.98. The van der Waals surface area contributed by atoms with Crippen LogP contribution in [0.5, 0.6) is 0 Å². The summed E-state index contributed by atoms with van der Waals surface area (Å²) in [6, 6.07) is 9.29. The van der Waals surface area contributed by atoms with Gasteiger partial charge in [-0.05, 0) is 30.7 Å². The van der Waals surface area contributed by atoms with Crippen LogP contribution in [0.15, 0.2) is 36.4 Å². The molecule has 0 heterocycles. The first-order chi connectivity index (χ1) is 9.90. The van der Waals surface area contributed by atoms with Crippen molar-refractivity contribution in [1.29, 1.82) is 0 Å². The van der Waals surface area contributed by atoms with Crippen LogP contribution >= 0.6 is 23.8 Å². The van der Waals surface area contributed by atoms with E-state index in [1.54, 1.807) is 18.2 Å². The molecule has 0 saturated carbocycles. The lowest BCUT2D eigenvalue weighted by Gasteiger charge is -2.11. The summed E-state index contributed by atoms with van der Waals surface area (Å²) >= 11 is 10.7. The highest BCUT2D eigenvalue weighted by atomic mass is 35.5. The van der Waals surface area contributed by atoms with Crippen molar-refractivity contribution >= 4 is 40.4 Å². The Labute approximate surface area is 131 Å². The molecule has 2 rings (SSSR count). The molecule has 3 N–H and O–H groups in total. The summed E-state index contributed by atoms with van der Waals surface area (Å²) in [5.74, 6) is -1.14. The minimum atomic E-state index is -0.641.